The monoisotopic (exact) mass is 276 g/mol. The molecule has 0 saturated carbocycles. The molecule has 0 atom stereocenters. The van der Waals surface area contributed by atoms with Crippen LogP contribution in [0.4, 0.5) is 0 Å². The topological polar surface area (TPSA) is 29.3 Å². The summed E-state index contributed by atoms with van der Waals surface area (Å²) in [5, 5.41) is 0. The van der Waals surface area contributed by atoms with Crippen LogP contribution in [0.3, 0.4) is 0 Å². The van der Waals surface area contributed by atoms with Gasteiger partial charge in [-0.05, 0) is 38.5 Å². The highest BCUT2D eigenvalue weighted by Crippen LogP contribution is 2.33. The molecule has 0 radical (unpaired) electrons. The Labute approximate surface area is 116 Å². The van der Waals surface area contributed by atoms with Gasteiger partial charge in [-0.2, -0.15) is 0 Å². The molecule has 2 N–H and O–H groups in total. The van der Waals surface area contributed by atoms with E-state index in [4.69, 9.17) is 5.73 Å². The highest BCUT2D eigenvalue weighted by atomic mass is 35.5. The second kappa shape index (κ2) is 7.22. The average Bonchev–Trinajstić information content (AvgIpc) is 2.32. The Balaban J connectivity index is 0.00000128. The molecule has 1 heterocycles. The molecule has 1 saturated heterocycles. The lowest BCUT2D eigenvalue weighted by molar-refractivity contribution is 0.191. The van der Waals surface area contributed by atoms with Crippen LogP contribution in [0.5, 0.6) is 0 Å². The molecule has 1 aliphatic rings. The minimum absolute atomic E-state index is 0. The predicted molar refractivity (Wildman–Crippen MR) is 78.4 cm³/mol. The lowest BCUT2D eigenvalue weighted by Crippen LogP contribution is -2.45. The maximum absolute atomic E-state index is 6.00. The zero-order chi connectivity index (χ0) is 10.7. The van der Waals surface area contributed by atoms with Crippen molar-refractivity contribution in [1.82, 2.24) is 4.90 Å². The Bertz CT molecular complexity index is 308. The molecule has 0 spiro atoms. The smallest absolute Gasteiger partial charge is 0.00998 e. The van der Waals surface area contributed by atoms with Gasteiger partial charge in [0.2, 0.25) is 0 Å². The molecule has 0 bridgehead atoms. The molecule has 2 nitrogen and oxygen atoms in total. The van der Waals surface area contributed by atoms with Crippen molar-refractivity contribution in [2.75, 3.05) is 26.7 Å². The fourth-order valence-electron chi connectivity index (χ4n) is 2.45. The third-order valence-electron chi connectivity index (χ3n) is 3.72. The summed E-state index contributed by atoms with van der Waals surface area (Å²) in [6, 6.07) is 10.7. The first kappa shape index (κ1) is 16.7. The molecule has 2 rings (SSSR count). The van der Waals surface area contributed by atoms with E-state index in [0.29, 0.717) is 0 Å². The number of benzene rings is 1. The molecule has 1 fully saturated rings. The van der Waals surface area contributed by atoms with Gasteiger partial charge in [-0.25, -0.2) is 0 Å². The van der Waals surface area contributed by atoms with Gasteiger partial charge in [-0.3, -0.25) is 0 Å². The summed E-state index contributed by atoms with van der Waals surface area (Å²) in [4.78, 5) is 2.39. The van der Waals surface area contributed by atoms with Crippen LogP contribution >= 0.6 is 24.8 Å². The van der Waals surface area contributed by atoms with Crippen LogP contribution in [-0.2, 0) is 5.41 Å². The first-order valence-corrected chi connectivity index (χ1v) is 5.71. The second-order valence-electron chi connectivity index (χ2n) is 4.65. The van der Waals surface area contributed by atoms with Crippen molar-refractivity contribution >= 4 is 24.8 Å². The third kappa shape index (κ3) is 3.59. The highest BCUT2D eigenvalue weighted by molar-refractivity contribution is 5.85. The average molecular weight is 277 g/mol. The first-order chi connectivity index (χ1) is 7.27. The first-order valence-electron chi connectivity index (χ1n) is 5.71. The van der Waals surface area contributed by atoms with E-state index in [2.05, 4.69) is 42.3 Å². The van der Waals surface area contributed by atoms with Crippen molar-refractivity contribution < 1.29 is 0 Å². The molecule has 98 valence electrons. The molecule has 1 aromatic rings. The van der Waals surface area contributed by atoms with Gasteiger partial charge in [-0.15, -0.1) is 24.8 Å². The Morgan fingerprint density at radius 1 is 1.12 bits per heavy atom. The highest BCUT2D eigenvalue weighted by Gasteiger charge is 2.33. The van der Waals surface area contributed by atoms with Crippen molar-refractivity contribution in [2.45, 2.75) is 18.3 Å². The van der Waals surface area contributed by atoms with Crippen LogP contribution < -0.4 is 5.73 Å². The van der Waals surface area contributed by atoms with Crippen LogP contribution in [0.2, 0.25) is 0 Å². The Morgan fingerprint density at radius 3 is 2.12 bits per heavy atom. The maximum atomic E-state index is 6.00. The summed E-state index contributed by atoms with van der Waals surface area (Å²) in [6.45, 7) is 3.09. The molecule has 17 heavy (non-hydrogen) atoms. The number of nitrogens with two attached hydrogens (primary N) is 1. The summed E-state index contributed by atoms with van der Waals surface area (Å²) in [5.41, 5.74) is 7.64. The largest absolute Gasteiger partial charge is 0.330 e. The summed E-state index contributed by atoms with van der Waals surface area (Å²) >= 11 is 0. The zero-order valence-corrected chi connectivity index (χ0v) is 11.9. The summed E-state index contributed by atoms with van der Waals surface area (Å²) in [7, 11) is 2.19. The van der Waals surface area contributed by atoms with Crippen molar-refractivity contribution in [2.24, 2.45) is 5.73 Å². The van der Waals surface area contributed by atoms with Crippen LogP contribution in [0, 0.1) is 0 Å². The van der Waals surface area contributed by atoms with E-state index in [9.17, 15) is 0 Å². The molecule has 0 unspecified atom stereocenters. The maximum Gasteiger partial charge on any atom is 0.00998 e. The molecule has 0 amide bonds. The minimum Gasteiger partial charge on any atom is -0.330 e. The van der Waals surface area contributed by atoms with E-state index < -0.39 is 0 Å². The fourth-order valence-corrected chi connectivity index (χ4v) is 2.45. The Hall–Kier alpha value is -0.280. The van der Waals surface area contributed by atoms with E-state index >= 15 is 0 Å². The van der Waals surface area contributed by atoms with Crippen molar-refractivity contribution in [1.29, 1.82) is 0 Å². The van der Waals surface area contributed by atoms with Crippen molar-refractivity contribution in [3.8, 4) is 0 Å². The van der Waals surface area contributed by atoms with Gasteiger partial charge >= 0.3 is 0 Å². The number of rotatable bonds is 2. The third-order valence-corrected chi connectivity index (χ3v) is 3.72. The SMILES string of the molecule is CN1CCC(CN)(c2ccccc2)CC1.Cl.Cl. The van der Waals surface area contributed by atoms with Gasteiger partial charge in [0, 0.05) is 12.0 Å². The normalized spacial score (nSPS) is 18.9. The molecule has 0 aliphatic carbocycles. The van der Waals surface area contributed by atoms with Crippen LogP contribution in [0.1, 0.15) is 18.4 Å². The van der Waals surface area contributed by atoms with E-state index in [-0.39, 0.29) is 30.2 Å². The standard InChI is InChI=1S/C13H20N2.2ClH/c1-15-9-7-13(11-14,8-10-15)12-5-3-2-4-6-12;;/h2-6H,7-11,14H2,1H3;2*1H. The molecule has 4 heteroatoms. The number of likely N-dealkylation sites (tertiary alicyclic amines) is 1. The minimum atomic E-state index is 0. The lowest BCUT2D eigenvalue weighted by Gasteiger charge is -2.40. The van der Waals surface area contributed by atoms with Crippen LogP contribution in [0.15, 0.2) is 30.3 Å². The van der Waals surface area contributed by atoms with Crippen molar-refractivity contribution in [3.05, 3.63) is 35.9 Å². The molecule has 1 aliphatic heterocycles. The van der Waals surface area contributed by atoms with Crippen LogP contribution in [0.25, 0.3) is 0 Å². The number of hydrogen-bond donors (Lipinski definition) is 1. The van der Waals surface area contributed by atoms with Gasteiger partial charge in [0.15, 0.2) is 0 Å². The number of halogens is 2. The van der Waals surface area contributed by atoms with Gasteiger partial charge in [0.1, 0.15) is 0 Å². The van der Waals surface area contributed by atoms with E-state index in [1.54, 1.807) is 0 Å². The Morgan fingerprint density at radius 2 is 1.65 bits per heavy atom. The number of nitrogens with zero attached hydrogens (tertiary/aromatic N) is 1. The van der Waals surface area contributed by atoms with Crippen molar-refractivity contribution in [3.63, 3.8) is 0 Å². The zero-order valence-electron chi connectivity index (χ0n) is 10.3. The lowest BCUT2D eigenvalue weighted by atomic mass is 9.73. The Kier molecular flexibility index (Phi) is 7.10. The molecular weight excluding hydrogens is 255 g/mol. The van der Waals surface area contributed by atoms with E-state index in [1.807, 2.05) is 0 Å². The molecule has 1 aromatic carbocycles. The van der Waals surface area contributed by atoms with Gasteiger partial charge < -0.3 is 10.6 Å². The van der Waals surface area contributed by atoms with Gasteiger partial charge in [0.25, 0.3) is 0 Å². The molecular formula is C13H22Cl2N2. The summed E-state index contributed by atoms with van der Waals surface area (Å²) in [5.74, 6) is 0. The summed E-state index contributed by atoms with van der Waals surface area (Å²) < 4.78 is 0. The van der Waals surface area contributed by atoms with Gasteiger partial charge in [0.05, 0.1) is 0 Å². The van der Waals surface area contributed by atoms with E-state index in [1.165, 1.54) is 18.4 Å². The second-order valence-corrected chi connectivity index (χ2v) is 4.65. The fraction of sp³-hybridized carbons (Fsp3) is 0.538. The predicted octanol–water partition coefficient (Wildman–Crippen LogP) is 2.45. The summed E-state index contributed by atoms with van der Waals surface area (Å²) in [6.07, 6.45) is 2.37. The molecule has 0 aromatic heterocycles. The van der Waals surface area contributed by atoms with Crippen LogP contribution in [-0.4, -0.2) is 31.6 Å². The van der Waals surface area contributed by atoms with E-state index in [0.717, 1.165) is 19.6 Å². The number of hydrogen-bond acceptors (Lipinski definition) is 2. The number of piperidine rings is 1. The quantitative estimate of drug-likeness (QED) is 0.899. The van der Waals surface area contributed by atoms with Gasteiger partial charge in [-0.1, -0.05) is 30.3 Å².